The topological polar surface area (TPSA) is 80.3 Å². The average molecular weight is 226 g/mol. The molecular weight excluding hydrogens is 208 g/mol. The maximum Gasteiger partial charge on any atom is 0.0417 e. The number of hydrogen-bond donors (Lipinski definition) is 0. The summed E-state index contributed by atoms with van der Waals surface area (Å²) in [6.07, 6.45) is 2.56. The van der Waals surface area contributed by atoms with E-state index in [0.717, 1.165) is 12.8 Å². The van der Waals surface area contributed by atoms with Gasteiger partial charge in [0.25, 0.3) is 0 Å². The van der Waals surface area contributed by atoms with Crippen molar-refractivity contribution in [1.82, 2.24) is 0 Å². The molecule has 0 aromatic rings. The van der Waals surface area contributed by atoms with Crippen LogP contribution >= 0.6 is 0 Å². The zero-order chi connectivity index (χ0) is 12.3. The fourth-order valence-corrected chi connectivity index (χ4v) is 2.65. The first-order valence-electron chi connectivity index (χ1n) is 5.75. The molecule has 1 saturated carbocycles. The van der Waals surface area contributed by atoms with Gasteiger partial charge in [0.15, 0.2) is 0 Å². The van der Waals surface area contributed by atoms with E-state index < -0.39 is 11.9 Å². The van der Waals surface area contributed by atoms with E-state index >= 15 is 0 Å². The Morgan fingerprint density at radius 2 is 1.69 bits per heavy atom. The molecule has 2 unspecified atom stereocenters. The van der Waals surface area contributed by atoms with Gasteiger partial charge in [0.1, 0.15) is 0 Å². The van der Waals surface area contributed by atoms with Gasteiger partial charge in [0.05, 0.1) is 0 Å². The Labute approximate surface area is 95.7 Å². The number of hydrogen-bond acceptors (Lipinski definition) is 4. The second kappa shape index (κ2) is 4.85. The van der Waals surface area contributed by atoms with Gasteiger partial charge in [-0.1, -0.05) is 20.3 Å². The van der Waals surface area contributed by atoms with Gasteiger partial charge in [-0.3, -0.25) is 0 Å². The van der Waals surface area contributed by atoms with Crippen LogP contribution in [0, 0.1) is 17.3 Å². The number of carboxylic acid groups (broad SMARTS) is 2. The Morgan fingerprint density at radius 3 is 2.19 bits per heavy atom. The first-order chi connectivity index (χ1) is 7.35. The zero-order valence-electron chi connectivity index (χ0n) is 9.82. The van der Waals surface area contributed by atoms with Crippen LogP contribution in [0.2, 0.25) is 0 Å². The highest BCUT2D eigenvalue weighted by molar-refractivity contribution is 5.65. The van der Waals surface area contributed by atoms with Crippen molar-refractivity contribution >= 4 is 11.9 Å². The molecule has 0 aromatic heterocycles. The lowest BCUT2D eigenvalue weighted by Crippen LogP contribution is -2.23. The van der Waals surface area contributed by atoms with Crippen molar-refractivity contribution in [3.05, 3.63) is 0 Å². The lowest BCUT2D eigenvalue weighted by molar-refractivity contribution is -0.307. The van der Waals surface area contributed by atoms with E-state index in [2.05, 4.69) is 13.8 Å². The zero-order valence-corrected chi connectivity index (χ0v) is 9.82. The lowest BCUT2D eigenvalue weighted by Gasteiger charge is -2.03. The Hall–Kier alpha value is -1.06. The summed E-state index contributed by atoms with van der Waals surface area (Å²) in [7, 11) is 0. The molecule has 0 saturated heterocycles. The van der Waals surface area contributed by atoms with Crippen LogP contribution in [-0.2, 0) is 9.59 Å². The first-order valence-corrected chi connectivity index (χ1v) is 5.75. The number of carbonyl (C=O) groups is 2. The molecule has 0 radical (unpaired) electrons. The number of unbranched alkanes of at least 4 members (excludes halogenated alkanes) is 1. The SMILES string of the molecule is CC1(C)C(CCCCC(=O)[O-])C1CC(=O)[O-]. The standard InChI is InChI=1S/C12H20O4/c1-12(2)8(9(12)7-11(15)16)5-3-4-6-10(13)14/h8-9H,3-7H2,1-2H3,(H,13,14)(H,15,16)/p-2. The van der Waals surface area contributed by atoms with Crippen LogP contribution in [0.25, 0.3) is 0 Å². The second-order valence-electron chi connectivity index (χ2n) is 5.23. The molecule has 0 amide bonds. The van der Waals surface area contributed by atoms with Crippen LogP contribution in [0.3, 0.4) is 0 Å². The first kappa shape index (κ1) is 13.0. The molecule has 4 nitrogen and oxygen atoms in total. The van der Waals surface area contributed by atoms with Crippen LogP contribution in [0.15, 0.2) is 0 Å². The van der Waals surface area contributed by atoms with Crippen molar-refractivity contribution in [3.8, 4) is 0 Å². The molecule has 4 heteroatoms. The fraction of sp³-hybridized carbons (Fsp3) is 0.833. The predicted molar refractivity (Wildman–Crippen MR) is 53.9 cm³/mol. The highest BCUT2D eigenvalue weighted by Crippen LogP contribution is 2.61. The molecule has 0 spiro atoms. The number of carboxylic acids is 2. The van der Waals surface area contributed by atoms with Gasteiger partial charge in [0, 0.05) is 11.9 Å². The highest BCUT2D eigenvalue weighted by atomic mass is 16.4. The molecular formula is C12H18O4-2. The maximum absolute atomic E-state index is 10.5. The van der Waals surface area contributed by atoms with E-state index in [-0.39, 0.29) is 24.2 Å². The molecule has 0 aliphatic heterocycles. The van der Waals surface area contributed by atoms with Gasteiger partial charge in [-0.25, -0.2) is 0 Å². The Balaban J connectivity index is 2.23. The quantitative estimate of drug-likeness (QED) is 0.559. The number of rotatable bonds is 7. The van der Waals surface area contributed by atoms with Crippen molar-refractivity contribution < 1.29 is 19.8 Å². The van der Waals surface area contributed by atoms with E-state index in [0.29, 0.717) is 12.3 Å². The van der Waals surface area contributed by atoms with Crippen LogP contribution in [-0.4, -0.2) is 11.9 Å². The third-order valence-electron chi connectivity index (χ3n) is 3.82. The molecule has 1 aliphatic rings. The molecule has 0 heterocycles. The summed E-state index contributed by atoms with van der Waals surface area (Å²) < 4.78 is 0. The smallest absolute Gasteiger partial charge is 0.0417 e. The maximum atomic E-state index is 10.5. The molecule has 1 fully saturated rings. The molecule has 0 aromatic carbocycles. The minimum atomic E-state index is -1.01. The predicted octanol–water partition coefficient (Wildman–Crippen LogP) is -0.291. The molecule has 0 N–H and O–H groups in total. The summed E-state index contributed by atoms with van der Waals surface area (Å²) >= 11 is 0. The van der Waals surface area contributed by atoms with E-state index in [1.165, 1.54) is 0 Å². The molecule has 0 bridgehead atoms. The van der Waals surface area contributed by atoms with Gasteiger partial charge < -0.3 is 19.8 Å². The third-order valence-corrected chi connectivity index (χ3v) is 3.82. The average Bonchev–Trinajstić information content (AvgIpc) is 2.61. The van der Waals surface area contributed by atoms with Crippen molar-refractivity contribution in [1.29, 1.82) is 0 Å². The van der Waals surface area contributed by atoms with E-state index in [4.69, 9.17) is 0 Å². The van der Waals surface area contributed by atoms with Gasteiger partial charge in [0.2, 0.25) is 0 Å². The third kappa shape index (κ3) is 3.22. The Bertz CT molecular complexity index is 283. The van der Waals surface area contributed by atoms with Gasteiger partial charge in [-0.15, -0.1) is 0 Å². The molecule has 2 atom stereocenters. The van der Waals surface area contributed by atoms with E-state index in [1.807, 2.05) is 0 Å². The highest BCUT2D eigenvalue weighted by Gasteiger charge is 2.55. The summed E-state index contributed by atoms with van der Waals surface area (Å²) in [6, 6.07) is 0. The van der Waals surface area contributed by atoms with Gasteiger partial charge in [-0.05, 0) is 42.9 Å². The second-order valence-corrected chi connectivity index (χ2v) is 5.23. The van der Waals surface area contributed by atoms with Crippen LogP contribution < -0.4 is 10.2 Å². The molecule has 1 aliphatic carbocycles. The molecule has 1 rings (SSSR count). The van der Waals surface area contributed by atoms with Crippen molar-refractivity contribution in [2.45, 2.75) is 46.0 Å². The summed E-state index contributed by atoms with van der Waals surface area (Å²) in [5.74, 6) is -1.41. The monoisotopic (exact) mass is 226 g/mol. The molecule has 92 valence electrons. The van der Waals surface area contributed by atoms with Crippen LogP contribution in [0.4, 0.5) is 0 Å². The number of aliphatic carboxylic acids is 2. The summed E-state index contributed by atoms with van der Waals surface area (Å²) in [5, 5.41) is 20.7. The fourth-order valence-electron chi connectivity index (χ4n) is 2.65. The minimum Gasteiger partial charge on any atom is -0.550 e. The molecule has 16 heavy (non-hydrogen) atoms. The summed E-state index contributed by atoms with van der Waals surface area (Å²) in [5.41, 5.74) is 0.0710. The Kier molecular flexibility index (Phi) is 3.94. The van der Waals surface area contributed by atoms with E-state index in [9.17, 15) is 19.8 Å². The van der Waals surface area contributed by atoms with Crippen LogP contribution in [0.1, 0.15) is 46.0 Å². The Morgan fingerprint density at radius 1 is 1.06 bits per heavy atom. The largest absolute Gasteiger partial charge is 0.550 e. The summed E-state index contributed by atoms with van der Waals surface area (Å²) in [6.45, 7) is 4.12. The van der Waals surface area contributed by atoms with Crippen LogP contribution in [0.5, 0.6) is 0 Å². The van der Waals surface area contributed by atoms with Gasteiger partial charge in [-0.2, -0.15) is 0 Å². The van der Waals surface area contributed by atoms with Gasteiger partial charge >= 0.3 is 0 Å². The van der Waals surface area contributed by atoms with E-state index in [1.54, 1.807) is 0 Å². The minimum absolute atomic E-state index is 0.0710. The number of carbonyl (C=O) groups excluding carboxylic acids is 2. The van der Waals surface area contributed by atoms with Crippen molar-refractivity contribution in [3.63, 3.8) is 0 Å². The van der Waals surface area contributed by atoms with Crippen molar-refractivity contribution in [2.24, 2.45) is 17.3 Å². The summed E-state index contributed by atoms with van der Waals surface area (Å²) in [4.78, 5) is 20.7. The normalized spacial score (nSPS) is 26.4. The lowest BCUT2D eigenvalue weighted by atomic mass is 10.0. The van der Waals surface area contributed by atoms with Crippen molar-refractivity contribution in [2.75, 3.05) is 0 Å².